The molecule has 3 heterocycles. The lowest BCUT2D eigenvalue weighted by atomic mass is 10.0. The Balaban J connectivity index is 1.44. The molecule has 102 valence electrons. The van der Waals surface area contributed by atoms with Crippen LogP contribution < -0.4 is 5.32 Å². The van der Waals surface area contributed by atoms with E-state index in [9.17, 15) is 4.79 Å². The lowest BCUT2D eigenvalue weighted by Crippen LogP contribution is -2.51. The lowest BCUT2D eigenvalue weighted by Gasteiger charge is -2.31. The number of carbonyl (C=O) groups excluding carboxylic acids is 1. The van der Waals surface area contributed by atoms with E-state index < -0.39 is 0 Å². The van der Waals surface area contributed by atoms with Gasteiger partial charge < -0.3 is 15.0 Å². The van der Waals surface area contributed by atoms with Crippen LogP contribution in [0.25, 0.3) is 0 Å². The first-order valence-electron chi connectivity index (χ1n) is 7.12. The number of amides is 1. The third kappa shape index (κ3) is 2.68. The van der Waals surface area contributed by atoms with Gasteiger partial charge in [0, 0.05) is 45.8 Å². The first kappa shape index (κ1) is 12.4. The zero-order valence-corrected chi connectivity index (χ0v) is 10.9. The van der Waals surface area contributed by atoms with Crippen LogP contribution in [0.2, 0.25) is 0 Å². The summed E-state index contributed by atoms with van der Waals surface area (Å²) < 4.78 is 5.36. The van der Waals surface area contributed by atoms with Crippen LogP contribution in [0, 0.1) is 11.8 Å². The Bertz CT molecular complexity index is 301. The quantitative estimate of drug-likeness (QED) is 0.728. The van der Waals surface area contributed by atoms with Crippen LogP contribution in [0.4, 0.5) is 0 Å². The van der Waals surface area contributed by atoms with Gasteiger partial charge in [-0.1, -0.05) is 0 Å². The van der Waals surface area contributed by atoms with Crippen LogP contribution in [0.3, 0.4) is 0 Å². The first-order chi connectivity index (χ1) is 8.83. The highest BCUT2D eigenvalue weighted by Crippen LogP contribution is 2.21. The van der Waals surface area contributed by atoms with Crippen molar-refractivity contribution in [3.8, 4) is 0 Å². The lowest BCUT2D eigenvalue weighted by molar-refractivity contribution is -0.136. The van der Waals surface area contributed by atoms with E-state index in [1.54, 1.807) is 0 Å². The van der Waals surface area contributed by atoms with Crippen molar-refractivity contribution in [2.24, 2.45) is 11.8 Å². The molecule has 0 aromatic carbocycles. The van der Waals surface area contributed by atoms with Gasteiger partial charge in [0.05, 0.1) is 19.1 Å². The average Bonchev–Trinajstić information content (AvgIpc) is 2.76. The maximum absolute atomic E-state index is 12.1. The largest absolute Gasteiger partial charge is 0.379 e. The summed E-state index contributed by atoms with van der Waals surface area (Å²) in [6.07, 6.45) is 1.17. The highest BCUT2D eigenvalue weighted by Gasteiger charge is 2.34. The van der Waals surface area contributed by atoms with Crippen LogP contribution >= 0.6 is 0 Å². The molecule has 3 aliphatic heterocycles. The molecule has 1 unspecified atom stereocenters. The van der Waals surface area contributed by atoms with Crippen molar-refractivity contribution < 1.29 is 9.53 Å². The molecule has 0 aliphatic carbocycles. The maximum Gasteiger partial charge on any atom is 0.228 e. The van der Waals surface area contributed by atoms with E-state index in [1.165, 1.54) is 6.42 Å². The van der Waals surface area contributed by atoms with Gasteiger partial charge in [-0.2, -0.15) is 0 Å². The fourth-order valence-electron chi connectivity index (χ4n) is 3.05. The minimum atomic E-state index is 0.257. The van der Waals surface area contributed by atoms with E-state index in [2.05, 4.69) is 15.1 Å². The predicted octanol–water partition coefficient (Wildman–Crippen LogP) is -0.613. The Labute approximate surface area is 108 Å². The highest BCUT2D eigenvalue weighted by atomic mass is 16.5. The molecule has 18 heavy (non-hydrogen) atoms. The van der Waals surface area contributed by atoms with Gasteiger partial charge in [-0.15, -0.1) is 0 Å². The second kappa shape index (κ2) is 5.55. The summed E-state index contributed by atoms with van der Waals surface area (Å²) in [5.41, 5.74) is 0. The second-order valence-corrected chi connectivity index (χ2v) is 5.71. The molecule has 3 fully saturated rings. The Morgan fingerprint density at radius 2 is 2.00 bits per heavy atom. The first-order valence-corrected chi connectivity index (χ1v) is 7.12. The number of likely N-dealkylation sites (tertiary alicyclic amines) is 1. The molecule has 5 nitrogen and oxygen atoms in total. The Hall–Kier alpha value is -0.650. The summed E-state index contributed by atoms with van der Waals surface area (Å²) >= 11 is 0. The predicted molar refractivity (Wildman–Crippen MR) is 68.3 cm³/mol. The third-order valence-electron chi connectivity index (χ3n) is 4.35. The summed E-state index contributed by atoms with van der Waals surface area (Å²) in [4.78, 5) is 16.7. The van der Waals surface area contributed by atoms with Crippen molar-refractivity contribution >= 4 is 5.91 Å². The maximum atomic E-state index is 12.1. The standard InChI is InChI=1S/C13H23N3O2/c17-13(12-7-14-8-12)16-2-1-11(10-16)9-15-3-5-18-6-4-15/h11-12,14H,1-10H2. The van der Waals surface area contributed by atoms with Crippen LogP contribution in [-0.2, 0) is 9.53 Å². The monoisotopic (exact) mass is 253 g/mol. The molecule has 3 saturated heterocycles. The van der Waals surface area contributed by atoms with E-state index in [0.29, 0.717) is 11.8 Å². The molecule has 1 N–H and O–H groups in total. The third-order valence-corrected chi connectivity index (χ3v) is 4.35. The number of morpholine rings is 1. The second-order valence-electron chi connectivity index (χ2n) is 5.71. The van der Waals surface area contributed by atoms with Gasteiger partial charge in [0.15, 0.2) is 0 Å². The zero-order valence-electron chi connectivity index (χ0n) is 10.9. The Morgan fingerprint density at radius 3 is 2.67 bits per heavy atom. The molecule has 5 heteroatoms. The molecule has 0 radical (unpaired) electrons. The smallest absolute Gasteiger partial charge is 0.228 e. The number of hydrogen-bond acceptors (Lipinski definition) is 4. The van der Waals surface area contributed by atoms with Crippen LogP contribution in [0.5, 0.6) is 0 Å². The SMILES string of the molecule is O=C(C1CNC1)N1CCC(CN2CCOCC2)C1. The van der Waals surface area contributed by atoms with Crippen molar-refractivity contribution in [1.82, 2.24) is 15.1 Å². The molecule has 0 aromatic heterocycles. The number of nitrogens with zero attached hydrogens (tertiary/aromatic N) is 2. The molecular formula is C13H23N3O2. The van der Waals surface area contributed by atoms with Crippen molar-refractivity contribution in [1.29, 1.82) is 0 Å². The van der Waals surface area contributed by atoms with E-state index in [1.807, 2.05) is 0 Å². The van der Waals surface area contributed by atoms with Gasteiger partial charge in [-0.3, -0.25) is 9.69 Å². The van der Waals surface area contributed by atoms with E-state index in [-0.39, 0.29) is 5.92 Å². The van der Waals surface area contributed by atoms with Crippen LogP contribution in [-0.4, -0.2) is 74.7 Å². The van der Waals surface area contributed by atoms with Crippen LogP contribution in [0.15, 0.2) is 0 Å². The minimum absolute atomic E-state index is 0.257. The van der Waals surface area contributed by atoms with E-state index in [0.717, 1.165) is 59.0 Å². The molecule has 0 saturated carbocycles. The fraction of sp³-hybridized carbons (Fsp3) is 0.923. The van der Waals surface area contributed by atoms with Crippen molar-refractivity contribution in [2.75, 3.05) is 59.0 Å². The molecule has 1 atom stereocenters. The summed E-state index contributed by atoms with van der Waals surface area (Å²) in [6, 6.07) is 0. The number of carbonyl (C=O) groups is 1. The normalized spacial score (nSPS) is 30.4. The molecule has 1 amide bonds. The highest BCUT2D eigenvalue weighted by molar-refractivity contribution is 5.80. The summed E-state index contributed by atoms with van der Waals surface area (Å²) in [5, 5.41) is 3.17. The number of nitrogens with one attached hydrogen (secondary N) is 1. The van der Waals surface area contributed by atoms with E-state index >= 15 is 0 Å². The topological polar surface area (TPSA) is 44.8 Å². The van der Waals surface area contributed by atoms with Gasteiger partial charge in [-0.05, 0) is 12.3 Å². The molecule has 3 aliphatic rings. The van der Waals surface area contributed by atoms with Crippen molar-refractivity contribution in [3.05, 3.63) is 0 Å². The number of rotatable bonds is 3. The summed E-state index contributed by atoms with van der Waals surface area (Å²) in [7, 11) is 0. The summed E-state index contributed by atoms with van der Waals surface area (Å²) in [6.45, 7) is 8.65. The molecule has 0 aromatic rings. The molecular weight excluding hydrogens is 230 g/mol. The van der Waals surface area contributed by atoms with Crippen molar-refractivity contribution in [3.63, 3.8) is 0 Å². The van der Waals surface area contributed by atoms with Gasteiger partial charge in [0.2, 0.25) is 5.91 Å². The van der Waals surface area contributed by atoms with E-state index in [4.69, 9.17) is 4.74 Å². The Morgan fingerprint density at radius 1 is 1.22 bits per heavy atom. The fourth-order valence-corrected chi connectivity index (χ4v) is 3.05. The molecule has 0 bridgehead atoms. The van der Waals surface area contributed by atoms with Gasteiger partial charge in [0.25, 0.3) is 0 Å². The van der Waals surface area contributed by atoms with Crippen LogP contribution in [0.1, 0.15) is 6.42 Å². The minimum Gasteiger partial charge on any atom is -0.379 e. The van der Waals surface area contributed by atoms with Gasteiger partial charge in [-0.25, -0.2) is 0 Å². The molecule has 0 spiro atoms. The van der Waals surface area contributed by atoms with Gasteiger partial charge >= 0.3 is 0 Å². The number of hydrogen-bond donors (Lipinski definition) is 1. The van der Waals surface area contributed by atoms with Crippen molar-refractivity contribution in [2.45, 2.75) is 6.42 Å². The molecule has 3 rings (SSSR count). The average molecular weight is 253 g/mol. The zero-order chi connectivity index (χ0) is 12.4. The summed E-state index contributed by atoms with van der Waals surface area (Å²) in [5.74, 6) is 1.30. The number of ether oxygens (including phenoxy) is 1. The van der Waals surface area contributed by atoms with Gasteiger partial charge in [0.1, 0.15) is 0 Å². The Kier molecular flexibility index (Phi) is 3.82.